The summed E-state index contributed by atoms with van der Waals surface area (Å²) in [4.78, 5) is 37.5. The van der Waals surface area contributed by atoms with Gasteiger partial charge in [0, 0.05) is 35.5 Å². The summed E-state index contributed by atoms with van der Waals surface area (Å²) in [7, 11) is 2.93. The van der Waals surface area contributed by atoms with Crippen LogP contribution < -0.4 is 15.4 Å². The van der Waals surface area contributed by atoms with Crippen LogP contribution in [0.1, 0.15) is 46.6 Å². The number of anilines is 2. The van der Waals surface area contributed by atoms with Gasteiger partial charge in [0.2, 0.25) is 5.88 Å². The van der Waals surface area contributed by atoms with Crippen molar-refractivity contribution in [2.75, 3.05) is 19.5 Å². The topological polar surface area (TPSA) is 115 Å². The molecule has 3 heterocycles. The Morgan fingerprint density at radius 2 is 1.72 bits per heavy atom. The van der Waals surface area contributed by atoms with Gasteiger partial charge < -0.3 is 20.1 Å². The number of ether oxygens (including phenoxy) is 2. The van der Waals surface area contributed by atoms with Crippen LogP contribution in [-0.4, -0.2) is 47.5 Å². The molecule has 6 rings (SSSR count). The van der Waals surface area contributed by atoms with E-state index in [1.54, 1.807) is 17.5 Å². The summed E-state index contributed by atoms with van der Waals surface area (Å²) < 4.78 is 11.3. The predicted octanol–water partition coefficient (Wildman–Crippen LogP) is 8.42. The third-order valence-corrected chi connectivity index (χ3v) is 10.3. The number of halogens is 2. The Bertz CT molecular complexity index is 1960. The van der Waals surface area contributed by atoms with Crippen LogP contribution in [-0.2, 0) is 16.1 Å². The minimum atomic E-state index is -0.111. The highest BCUT2D eigenvalue weighted by Gasteiger charge is 2.27. The molecule has 12 heteroatoms. The number of benzene rings is 2. The first-order valence-electron chi connectivity index (χ1n) is 15.2. The van der Waals surface area contributed by atoms with Crippen LogP contribution in [0.25, 0.3) is 32.6 Å². The molecule has 1 aliphatic carbocycles. The lowest BCUT2D eigenvalue weighted by molar-refractivity contribution is -0.146. The van der Waals surface area contributed by atoms with Crippen molar-refractivity contribution in [3.05, 3.63) is 80.9 Å². The van der Waals surface area contributed by atoms with Crippen LogP contribution in [0, 0.1) is 12.8 Å². The Hall–Kier alpha value is -4.09. The summed E-state index contributed by atoms with van der Waals surface area (Å²) in [6, 6.07) is 15.5. The lowest BCUT2D eigenvalue weighted by atomic mass is 9.86. The van der Waals surface area contributed by atoms with E-state index in [0.717, 1.165) is 63.9 Å². The van der Waals surface area contributed by atoms with E-state index in [0.29, 0.717) is 51.0 Å². The molecule has 9 nitrogen and oxygen atoms in total. The number of carbonyl (C=O) groups excluding carboxylic acids is 2. The van der Waals surface area contributed by atoms with E-state index in [4.69, 9.17) is 37.7 Å². The third-order valence-electron chi connectivity index (χ3n) is 8.51. The zero-order chi connectivity index (χ0) is 33.1. The smallest absolute Gasteiger partial charge is 0.308 e. The average Bonchev–Trinajstić information content (AvgIpc) is 3.52. The van der Waals surface area contributed by atoms with Gasteiger partial charge in [-0.15, -0.1) is 11.3 Å². The Labute approximate surface area is 286 Å². The summed E-state index contributed by atoms with van der Waals surface area (Å²) in [5.74, 6) is 0.730. The summed E-state index contributed by atoms with van der Waals surface area (Å²) in [5, 5.41) is 8.91. The maximum atomic E-state index is 11.9. The summed E-state index contributed by atoms with van der Waals surface area (Å²) in [6.45, 7) is 2.46. The highest BCUT2D eigenvalue weighted by atomic mass is 35.5. The zero-order valence-electron chi connectivity index (χ0n) is 26.1. The first-order chi connectivity index (χ1) is 22.8. The number of esters is 1. The molecule has 2 aromatic carbocycles. The van der Waals surface area contributed by atoms with Gasteiger partial charge in [0.25, 0.3) is 0 Å². The number of nitrogens with one attached hydrogen (secondary N) is 2. The van der Waals surface area contributed by atoms with Gasteiger partial charge in [-0.2, -0.15) is 0 Å². The molecule has 0 aliphatic heterocycles. The molecule has 0 unspecified atom stereocenters. The van der Waals surface area contributed by atoms with Gasteiger partial charge in [-0.05, 0) is 56.4 Å². The van der Waals surface area contributed by atoms with Crippen LogP contribution in [0.5, 0.6) is 5.88 Å². The van der Waals surface area contributed by atoms with Crippen LogP contribution in [0.3, 0.4) is 0 Å². The van der Waals surface area contributed by atoms with E-state index < -0.39 is 0 Å². The fourth-order valence-corrected chi connectivity index (χ4v) is 7.51. The molecule has 0 saturated heterocycles. The van der Waals surface area contributed by atoms with Gasteiger partial charge in [0.1, 0.15) is 10.5 Å². The van der Waals surface area contributed by atoms with Gasteiger partial charge in [-0.25, -0.2) is 15.0 Å². The van der Waals surface area contributed by atoms with Crippen molar-refractivity contribution < 1.29 is 19.1 Å². The molecule has 242 valence electrons. The second-order valence-electron chi connectivity index (χ2n) is 11.4. The highest BCUT2D eigenvalue weighted by Crippen LogP contribution is 2.42. The monoisotopic (exact) mass is 689 g/mol. The summed E-state index contributed by atoms with van der Waals surface area (Å²) in [5.41, 5.74) is 5.28. The number of hydrogen-bond donors (Lipinski definition) is 2. The van der Waals surface area contributed by atoms with E-state index >= 15 is 0 Å². The number of thiazole rings is 1. The van der Waals surface area contributed by atoms with E-state index in [2.05, 4.69) is 20.6 Å². The molecule has 0 radical (unpaired) electrons. The van der Waals surface area contributed by atoms with Gasteiger partial charge >= 0.3 is 5.97 Å². The molecule has 0 bridgehead atoms. The molecule has 47 heavy (non-hydrogen) atoms. The third kappa shape index (κ3) is 6.82. The Balaban J connectivity index is 1.23. The standard InChI is InChI=1S/C35H33Cl2N5O4S/c1-19-16-27(41-34(45-2)25(19)18-43)24-8-4-6-22(30(24)36)23-7-5-9-26(31(23)37)40-33-32-28(14-15-38-33)47-29(42-32)17-39-21-12-10-20(11-13-21)35(44)46-3/h4-9,14-16,18,20-21,39H,10-13,17H2,1-3H3,(H,38,40). The van der Waals surface area contributed by atoms with Crippen molar-refractivity contribution in [3.63, 3.8) is 0 Å². The number of fused-ring (bicyclic) bond motifs is 1. The van der Waals surface area contributed by atoms with E-state index in [1.807, 2.05) is 55.5 Å². The molecule has 2 N–H and O–H groups in total. The fraction of sp³-hybridized carbons (Fsp3) is 0.286. The van der Waals surface area contributed by atoms with E-state index in [1.165, 1.54) is 14.2 Å². The number of carbonyl (C=O) groups is 2. The quantitative estimate of drug-likeness (QED) is 0.110. The molecular weight excluding hydrogens is 657 g/mol. The molecule has 5 aromatic rings. The van der Waals surface area contributed by atoms with Crippen molar-refractivity contribution in [3.8, 4) is 28.3 Å². The van der Waals surface area contributed by atoms with Gasteiger partial charge in [0.05, 0.1) is 51.8 Å². The first-order valence-corrected chi connectivity index (χ1v) is 16.8. The van der Waals surface area contributed by atoms with Gasteiger partial charge in [-0.3, -0.25) is 9.59 Å². The molecule has 1 aliphatic rings. The number of nitrogens with zero attached hydrogens (tertiary/aromatic N) is 3. The second-order valence-corrected chi connectivity index (χ2v) is 13.3. The normalized spacial score (nSPS) is 16.2. The molecule has 3 aromatic heterocycles. The number of aromatic nitrogens is 3. The number of aryl methyl sites for hydroxylation is 1. The van der Waals surface area contributed by atoms with Crippen LogP contribution >= 0.6 is 34.5 Å². The minimum Gasteiger partial charge on any atom is -0.480 e. The van der Waals surface area contributed by atoms with Gasteiger partial charge in [-0.1, -0.05) is 53.5 Å². The zero-order valence-corrected chi connectivity index (χ0v) is 28.4. The number of pyridine rings is 2. The molecule has 0 amide bonds. The molecule has 0 spiro atoms. The Morgan fingerprint density at radius 3 is 2.45 bits per heavy atom. The largest absolute Gasteiger partial charge is 0.480 e. The SMILES string of the molecule is COC(=O)C1CCC(NCc2nc3c(Nc4cccc(-c5cccc(-c6cc(C)c(C=O)c(OC)n6)c5Cl)c4Cl)nccc3s2)CC1. The summed E-state index contributed by atoms with van der Waals surface area (Å²) >= 11 is 15.6. The summed E-state index contributed by atoms with van der Waals surface area (Å²) in [6.07, 6.45) is 6.01. The van der Waals surface area contributed by atoms with Crippen molar-refractivity contribution >= 4 is 68.5 Å². The van der Waals surface area contributed by atoms with Crippen molar-refractivity contribution in [2.45, 2.75) is 45.2 Å². The lowest BCUT2D eigenvalue weighted by Gasteiger charge is -2.27. The van der Waals surface area contributed by atoms with Gasteiger partial charge in [0.15, 0.2) is 12.1 Å². The maximum absolute atomic E-state index is 11.9. The number of methoxy groups -OCH3 is 2. The molecular formula is C35H33Cl2N5O4S. The lowest BCUT2D eigenvalue weighted by Crippen LogP contribution is -2.34. The van der Waals surface area contributed by atoms with Crippen LogP contribution in [0.4, 0.5) is 11.5 Å². The van der Waals surface area contributed by atoms with Crippen molar-refractivity contribution in [2.24, 2.45) is 5.92 Å². The second kappa shape index (κ2) is 14.4. The Morgan fingerprint density at radius 1 is 1.00 bits per heavy atom. The average molecular weight is 691 g/mol. The van der Waals surface area contributed by atoms with Crippen LogP contribution in [0.2, 0.25) is 10.0 Å². The molecule has 0 atom stereocenters. The first kappa shape index (κ1) is 32.8. The maximum Gasteiger partial charge on any atom is 0.308 e. The van der Waals surface area contributed by atoms with E-state index in [9.17, 15) is 9.59 Å². The highest BCUT2D eigenvalue weighted by molar-refractivity contribution is 7.18. The van der Waals surface area contributed by atoms with Crippen molar-refractivity contribution in [1.29, 1.82) is 0 Å². The predicted molar refractivity (Wildman–Crippen MR) is 187 cm³/mol. The number of rotatable bonds is 10. The minimum absolute atomic E-state index is 0.00231. The number of hydrogen-bond acceptors (Lipinski definition) is 10. The molecule has 1 fully saturated rings. The Kier molecular flexibility index (Phi) is 10.0. The number of aldehydes is 1. The molecule has 1 saturated carbocycles. The van der Waals surface area contributed by atoms with Crippen molar-refractivity contribution in [1.82, 2.24) is 20.3 Å². The fourth-order valence-electron chi connectivity index (χ4n) is 5.99. The van der Waals surface area contributed by atoms with E-state index in [-0.39, 0.29) is 17.8 Å². The van der Waals surface area contributed by atoms with Crippen LogP contribution in [0.15, 0.2) is 54.7 Å².